The third-order valence-corrected chi connectivity index (χ3v) is 5.72. The number of hydrogen-bond donors (Lipinski definition) is 0. The Labute approximate surface area is 145 Å². The number of carbonyl (C=O) groups is 1. The first kappa shape index (κ1) is 18.8. The van der Waals surface area contributed by atoms with Crippen molar-refractivity contribution in [2.45, 2.75) is 46.1 Å². The Balaban J connectivity index is 2.37. The van der Waals surface area contributed by atoms with Crippen molar-refractivity contribution < 1.29 is 13.2 Å². The van der Waals surface area contributed by atoms with Crippen molar-refractivity contribution in [3.05, 3.63) is 29.8 Å². The van der Waals surface area contributed by atoms with E-state index < -0.39 is 16.1 Å². The summed E-state index contributed by atoms with van der Waals surface area (Å²) in [5, 5.41) is 0. The number of benzene rings is 1. The van der Waals surface area contributed by atoms with E-state index in [0.29, 0.717) is 31.1 Å². The standard InChI is InChI=1S/C18H28N2O3S/c1-5-17(18(21)19-11-7-9-15(3)13-19)20(24(4,22)23)16-10-6-8-14(2)12-16/h6,8,10,12,15,17H,5,7,9,11,13H2,1-4H3. The van der Waals surface area contributed by atoms with Gasteiger partial charge in [0.2, 0.25) is 15.9 Å². The fraction of sp³-hybridized carbons (Fsp3) is 0.611. The minimum absolute atomic E-state index is 0.0871. The highest BCUT2D eigenvalue weighted by Gasteiger charge is 2.35. The summed E-state index contributed by atoms with van der Waals surface area (Å²) >= 11 is 0. The van der Waals surface area contributed by atoms with Gasteiger partial charge < -0.3 is 4.90 Å². The van der Waals surface area contributed by atoms with Crippen molar-refractivity contribution in [3.63, 3.8) is 0 Å². The monoisotopic (exact) mass is 352 g/mol. The zero-order valence-corrected chi connectivity index (χ0v) is 15.8. The van der Waals surface area contributed by atoms with Crippen LogP contribution >= 0.6 is 0 Å². The SMILES string of the molecule is CCC(C(=O)N1CCCC(C)C1)N(c1cccc(C)c1)S(C)(=O)=O. The van der Waals surface area contributed by atoms with Crippen molar-refractivity contribution >= 4 is 21.6 Å². The van der Waals surface area contributed by atoms with Gasteiger partial charge in [0.25, 0.3) is 0 Å². The molecule has 0 spiro atoms. The molecule has 0 bridgehead atoms. The summed E-state index contributed by atoms with van der Waals surface area (Å²) in [5.74, 6) is 0.377. The molecule has 0 aromatic heterocycles. The van der Waals surface area contributed by atoms with Crippen molar-refractivity contribution in [2.24, 2.45) is 5.92 Å². The Morgan fingerprint density at radius 1 is 1.42 bits per heavy atom. The Bertz CT molecular complexity index is 687. The summed E-state index contributed by atoms with van der Waals surface area (Å²) in [4.78, 5) is 14.9. The van der Waals surface area contributed by atoms with Gasteiger partial charge in [-0.3, -0.25) is 9.10 Å². The van der Waals surface area contributed by atoms with Crippen LogP contribution in [-0.4, -0.2) is 44.6 Å². The van der Waals surface area contributed by atoms with Gasteiger partial charge in [0.15, 0.2) is 0 Å². The first-order valence-corrected chi connectivity index (χ1v) is 10.4. The number of sulfonamides is 1. The fourth-order valence-corrected chi connectivity index (χ4v) is 4.61. The number of hydrogen-bond acceptors (Lipinski definition) is 3. The summed E-state index contributed by atoms with van der Waals surface area (Å²) in [6.45, 7) is 7.34. The van der Waals surface area contributed by atoms with E-state index in [0.717, 1.165) is 18.4 Å². The van der Waals surface area contributed by atoms with Crippen molar-refractivity contribution in [3.8, 4) is 0 Å². The number of rotatable bonds is 5. The first-order chi connectivity index (χ1) is 11.2. The van der Waals surface area contributed by atoms with Crippen molar-refractivity contribution in [1.29, 1.82) is 0 Å². The highest BCUT2D eigenvalue weighted by Crippen LogP contribution is 2.26. The maximum atomic E-state index is 13.0. The Morgan fingerprint density at radius 3 is 2.67 bits per heavy atom. The quantitative estimate of drug-likeness (QED) is 0.819. The molecule has 2 unspecified atom stereocenters. The molecule has 5 nitrogen and oxygen atoms in total. The van der Waals surface area contributed by atoms with Crippen LogP contribution in [0.4, 0.5) is 5.69 Å². The second kappa shape index (κ2) is 7.55. The molecule has 0 saturated carbocycles. The number of nitrogens with zero attached hydrogens (tertiary/aromatic N) is 2. The summed E-state index contributed by atoms with van der Waals surface area (Å²) in [6.07, 6.45) is 3.72. The smallest absolute Gasteiger partial charge is 0.246 e. The lowest BCUT2D eigenvalue weighted by molar-refractivity contribution is -0.134. The molecule has 24 heavy (non-hydrogen) atoms. The molecule has 1 aliphatic rings. The predicted molar refractivity (Wildman–Crippen MR) is 97.6 cm³/mol. The molecule has 2 atom stereocenters. The van der Waals surface area contributed by atoms with Crippen LogP contribution in [-0.2, 0) is 14.8 Å². The Morgan fingerprint density at radius 2 is 2.12 bits per heavy atom. The van der Waals surface area contributed by atoms with Crippen LogP contribution in [0.2, 0.25) is 0 Å². The number of carbonyl (C=O) groups excluding carboxylic acids is 1. The van der Waals surface area contributed by atoms with Crippen LogP contribution in [0.15, 0.2) is 24.3 Å². The Hall–Kier alpha value is -1.56. The molecule has 134 valence electrons. The normalized spacial score (nSPS) is 19.8. The molecule has 1 amide bonds. The maximum absolute atomic E-state index is 13.0. The zero-order valence-electron chi connectivity index (χ0n) is 15.0. The van der Waals surface area contributed by atoms with Crippen LogP contribution in [0.1, 0.15) is 38.7 Å². The number of anilines is 1. The van der Waals surface area contributed by atoms with Gasteiger partial charge in [-0.25, -0.2) is 8.42 Å². The molecule has 1 fully saturated rings. The van der Waals surface area contributed by atoms with Gasteiger partial charge in [-0.15, -0.1) is 0 Å². The number of aryl methyl sites for hydroxylation is 1. The molecule has 0 aliphatic carbocycles. The molecule has 1 saturated heterocycles. The average Bonchev–Trinajstić information content (AvgIpc) is 2.50. The van der Waals surface area contributed by atoms with Crippen LogP contribution in [0.25, 0.3) is 0 Å². The van der Waals surface area contributed by atoms with E-state index in [-0.39, 0.29) is 5.91 Å². The van der Waals surface area contributed by atoms with Gasteiger partial charge in [-0.2, -0.15) is 0 Å². The van der Waals surface area contributed by atoms with Crippen molar-refractivity contribution in [2.75, 3.05) is 23.7 Å². The molecule has 0 N–H and O–H groups in total. The lowest BCUT2D eigenvalue weighted by Gasteiger charge is -2.37. The summed E-state index contributed by atoms with van der Waals surface area (Å²) in [6, 6.07) is 6.62. The average molecular weight is 353 g/mol. The van der Waals surface area contributed by atoms with Gasteiger partial charge in [0.05, 0.1) is 11.9 Å². The van der Waals surface area contributed by atoms with E-state index in [2.05, 4.69) is 6.92 Å². The lowest BCUT2D eigenvalue weighted by atomic mass is 9.99. The molecule has 6 heteroatoms. The lowest BCUT2D eigenvalue weighted by Crippen LogP contribution is -2.52. The molecule has 1 aliphatic heterocycles. The van der Waals surface area contributed by atoms with E-state index in [1.54, 1.807) is 6.07 Å². The molecular formula is C18H28N2O3S. The molecule has 1 heterocycles. The van der Waals surface area contributed by atoms with E-state index in [1.165, 1.54) is 10.6 Å². The third-order valence-electron chi connectivity index (χ3n) is 4.54. The number of amides is 1. The van der Waals surface area contributed by atoms with Gasteiger partial charge in [-0.1, -0.05) is 26.0 Å². The molecule has 0 radical (unpaired) electrons. The van der Waals surface area contributed by atoms with Gasteiger partial charge in [-0.05, 0) is 49.8 Å². The predicted octanol–water partition coefficient (Wildman–Crippen LogP) is 2.80. The number of piperidine rings is 1. The minimum atomic E-state index is -3.56. The second-order valence-electron chi connectivity index (χ2n) is 6.85. The highest BCUT2D eigenvalue weighted by atomic mass is 32.2. The van der Waals surface area contributed by atoms with Crippen LogP contribution in [0.5, 0.6) is 0 Å². The third kappa shape index (κ3) is 4.29. The number of likely N-dealkylation sites (tertiary alicyclic amines) is 1. The summed E-state index contributed by atoms with van der Waals surface area (Å²) in [7, 11) is -3.56. The largest absolute Gasteiger partial charge is 0.341 e. The van der Waals surface area contributed by atoms with E-state index >= 15 is 0 Å². The second-order valence-corrected chi connectivity index (χ2v) is 8.71. The van der Waals surface area contributed by atoms with E-state index in [4.69, 9.17) is 0 Å². The zero-order chi connectivity index (χ0) is 17.9. The molecule has 1 aromatic rings. The van der Waals surface area contributed by atoms with Gasteiger partial charge >= 0.3 is 0 Å². The van der Waals surface area contributed by atoms with E-state index in [1.807, 2.05) is 36.9 Å². The topological polar surface area (TPSA) is 57.7 Å². The van der Waals surface area contributed by atoms with Crippen LogP contribution in [0.3, 0.4) is 0 Å². The molecule has 1 aromatic carbocycles. The Kier molecular flexibility index (Phi) is 5.91. The summed E-state index contributed by atoms with van der Waals surface area (Å²) in [5.41, 5.74) is 1.53. The van der Waals surface area contributed by atoms with Crippen molar-refractivity contribution in [1.82, 2.24) is 4.90 Å². The maximum Gasteiger partial charge on any atom is 0.246 e. The highest BCUT2D eigenvalue weighted by molar-refractivity contribution is 7.92. The first-order valence-electron chi connectivity index (χ1n) is 8.59. The van der Waals surface area contributed by atoms with Crippen LogP contribution < -0.4 is 4.31 Å². The minimum Gasteiger partial charge on any atom is -0.341 e. The fourth-order valence-electron chi connectivity index (χ4n) is 3.41. The summed E-state index contributed by atoms with van der Waals surface area (Å²) < 4.78 is 26.2. The van der Waals surface area contributed by atoms with Gasteiger partial charge in [0.1, 0.15) is 6.04 Å². The van der Waals surface area contributed by atoms with E-state index in [9.17, 15) is 13.2 Å². The molecular weight excluding hydrogens is 324 g/mol. The molecule has 2 rings (SSSR count). The van der Waals surface area contributed by atoms with Crippen LogP contribution in [0, 0.1) is 12.8 Å². The van der Waals surface area contributed by atoms with Gasteiger partial charge in [0, 0.05) is 13.1 Å².